The molecule has 0 aliphatic rings. The van der Waals surface area contributed by atoms with E-state index >= 15 is 0 Å². The number of benzene rings is 16. The van der Waals surface area contributed by atoms with E-state index in [1.807, 2.05) is 0 Å². The molecule has 0 bridgehead atoms. The van der Waals surface area contributed by atoms with Crippen LogP contribution in [-0.2, 0) is 49.0 Å². The minimum absolute atomic E-state index is 0. The molecule has 18 aromatic rings. The van der Waals surface area contributed by atoms with Gasteiger partial charge in [0.15, 0.2) is 0 Å². The zero-order valence-corrected chi connectivity index (χ0v) is 58.7. The summed E-state index contributed by atoms with van der Waals surface area (Å²) in [6.07, 6.45) is 4.06. The maximum atomic E-state index is 3.06. The molecule has 2 radical (unpaired) electrons. The third-order valence-electron chi connectivity index (χ3n) is 19.1. The van der Waals surface area contributed by atoms with Crippen LogP contribution in [0.1, 0.15) is 22.3 Å². The molecule has 4 heteroatoms. The average molecular weight is 1360 g/mol. The summed E-state index contributed by atoms with van der Waals surface area (Å²) in [4.78, 5) is 0. The Morgan fingerprint density at radius 1 is 0.219 bits per heavy atom. The Balaban J connectivity index is 0.000000172. The molecule has 0 amide bonds. The Morgan fingerprint density at radius 3 is 0.677 bits per heavy atom. The van der Waals surface area contributed by atoms with Crippen LogP contribution in [0.15, 0.2) is 328 Å². The topological polar surface area (TPSA) is 0 Å². The van der Waals surface area contributed by atoms with Gasteiger partial charge >= 0.3 is 30.2 Å². The van der Waals surface area contributed by atoms with E-state index in [1.54, 1.807) is 0 Å². The van der Waals surface area contributed by atoms with Gasteiger partial charge in [-0.15, -0.1) is 44.8 Å². The van der Waals surface area contributed by atoms with Crippen molar-refractivity contribution in [3.63, 3.8) is 0 Å². The van der Waals surface area contributed by atoms with Crippen LogP contribution >= 0.6 is 0 Å². The number of hydrogen-bond donors (Lipinski definition) is 0. The van der Waals surface area contributed by atoms with Crippen molar-refractivity contribution in [2.75, 3.05) is 0 Å². The molecular weight excluding hydrogens is 1300 g/mol. The van der Waals surface area contributed by atoms with Gasteiger partial charge in [0, 0.05) is 0 Å². The van der Waals surface area contributed by atoms with Crippen LogP contribution in [-0.4, -0.2) is 6.88 Å². The summed E-state index contributed by atoms with van der Waals surface area (Å²) in [5.74, 6) is 0. The van der Waals surface area contributed by atoms with Crippen molar-refractivity contribution >= 4 is 115 Å². The zero-order chi connectivity index (χ0) is 61.5. The predicted octanol–water partition coefficient (Wildman–Crippen LogP) is 19.1. The second-order valence-electron chi connectivity index (χ2n) is 24.4. The maximum Gasteiger partial charge on any atom is -0.0107 e. The number of halogens is 2. The summed E-state index contributed by atoms with van der Waals surface area (Å²) in [6, 6.07) is 121. The van der Waals surface area contributed by atoms with Crippen LogP contribution in [0.5, 0.6) is 0 Å². The summed E-state index contributed by atoms with van der Waals surface area (Å²) in [7, 11) is 0. The second kappa shape index (κ2) is 29.2. The number of fused-ring (bicyclic) bond motifs is 10. The number of rotatable bonds is 10. The van der Waals surface area contributed by atoms with Gasteiger partial charge in [0.2, 0.25) is 0 Å². The van der Waals surface area contributed by atoms with Gasteiger partial charge in [-0.2, -0.15) is 12.1 Å². The molecule has 0 aliphatic heterocycles. The minimum Gasteiger partial charge on any atom is -0.164 e. The standard InChI is InChI=1S/2C45H31.2CH3.2ClH.Si.Zr/c2*1-2-12-30(13-3-1)22-23-31-26-42-40(44-36-18-8-4-14-32(36)28-33-15-5-9-19-37(33)44)24-25-41(43(42)27-31)45-38-20-10-6-16-34(38)29-35-17-7-11-21-39(35)45;;;;;;/h2*1-21,24-29H,22-23H2;2*1H3;2*1H;;/q4*-1;;;;/p-2. The summed E-state index contributed by atoms with van der Waals surface area (Å²) in [5.41, 5.74) is 16.0. The second-order valence-corrected chi connectivity index (χ2v) is 24.4. The summed E-state index contributed by atoms with van der Waals surface area (Å²) in [5, 5.41) is 25.9. The van der Waals surface area contributed by atoms with Gasteiger partial charge in [0.25, 0.3) is 0 Å². The first-order valence-electron chi connectivity index (χ1n) is 32.0. The quantitative estimate of drug-likeness (QED) is 0.0727. The van der Waals surface area contributed by atoms with Crippen molar-refractivity contribution in [3.05, 3.63) is 365 Å². The Labute approximate surface area is 592 Å². The third-order valence-corrected chi connectivity index (χ3v) is 19.1. The molecule has 0 fully saturated rings. The van der Waals surface area contributed by atoms with Crippen LogP contribution in [0.3, 0.4) is 0 Å². The molecule has 18 rings (SSSR count). The van der Waals surface area contributed by atoms with Crippen molar-refractivity contribution in [2.45, 2.75) is 25.7 Å². The third kappa shape index (κ3) is 12.3. The van der Waals surface area contributed by atoms with Crippen LogP contribution < -0.4 is 24.8 Å². The van der Waals surface area contributed by atoms with Gasteiger partial charge in [0.1, 0.15) is 0 Å². The molecule has 96 heavy (non-hydrogen) atoms. The average Bonchev–Trinajstić information content (AvgIpc) is 1.34. The van der Waals surface area contributed by atoms with Gasteiger partial charge < -0.3 is 39.7 Å². The fourth-order valence-corrected chi connectivity index (χ4v) is 15.0. The SMILES string of the molecule is [CH3-].[CH3-].[Cl-].[Cl-].[Si]=[Zr].c1ccc(CCc2cc3c(-c4c5ccccc5cc5ccccc45)ccc(-c4c5ccccc5cc5ccccc45)c3[cH-]2)cc1.c1ccc(CCc2cc3c(-c4c5ccccc5cc5ccccc45)ccc(-c4c5ccccc5cc5ccccc45)c3[cH-]2)cc1. The molecule has 0 saturated carbocycles. The first-order valence-corrected chi connectivity index (χ1v) is 36.2. The zero-order valence-electron chi connectivity index (χ0n) is 53.8. The Bertz CT molecular complexity index is 4940. The van der Waals surface area contributed by atoms with Crippen molar-refractivity contribution < 1.29 is 48.1 Å². The van der Waals surface area contributed by atoms with Crippen LogP contribution in [0, 0.1) is 14.9 Å². The van der Waals surface area contributed by atoms with E-state index in [0.717, 1.165) is 25.7 Å². The van der Waals surface area contributed by atoms with E-state index in [4.69, 9.17) is 0 Å². The largest absolute Gasteiger partial charge is 0.164 e. The van der Waals surface area contributed by atoms with E-state index in [1.165, 1.54) is 198 Å². The van der Waals surface area contributed by atoms with Gasteiger partial charge in [-0.3, -0.25) is 0 Å². The molecule has 0 saturated heterocycles. The number of aryl methyl sites for hydroxylation is 4. The monoisotopic (exact) mass is 1360 g/mol. The van der Waals surface area contributed by atoms with Gasteiger partial charge in [0.05, 0.1) is 0 Å². The maximum absolute atomic E-state index is 3.06. The fraction of sp³-hybridized carbons (Fsp3) is 0.0435. The molecule has 0 spiro atoms. The summed E-state index contributed by atoms with van der Waals surface area (Å²) in [6.45, 7) is 3.06. The molecule has 0 nitrogen and oxygen atoms in total. The van der Waals surface area contributed by atoms with Crippen LogP contribution in [0.4, 0.5) is 0 Å². The minimum atomic E-state index is 0. The molecule has 0 N–H and O–H groups in total. The smallest absolute Gasteiger partial charge is 0.0107 e. The van der Waals surface area contributed by atoms with Crippen molar-refractivity contribution in [3.8, 4) is 44.5 Å². The first-order chi connectivity index (χ1) is 45.6. The van der Waals surface area contributed by atoms with E-state index in [2.05, 4.69) is 334 Å². The molecule has 0 heterocycles. The molecule has 0 atom stereocenters. The molecule has 18 aromatic carbocycles. The van der Waals surface area contributed by atoms with Crippen molar-refractivity contribution in [2.24, 2.45) is 0 Å². The Morgan fingerprint density at radius 2 is 0.427 bits per heavy atom. The molecule has 464 valence electrons. The summed E-state index contributed by atoms with van der Waals surface area (Å²) < 4.78 is 0. The van der Waals surface area contributed by atoms with Crippen molar-refractivity contribution in [1.82, 2.24) is 0 Å². The van der Waals surface area contributed by atoms with Gasteiger partial charge in [-0.05, 0) is 170 Å². The van der Waals surface area contributed by atoms with Gasteiger partial charge in [-0.1, -0.05) is 301 Å². The van der Waals surface area contributed by atoms with Crippen LogP contribution in [0.25, 0.3) is 152 Å². The van der Waals surface area contributed by atoms with E-state index in [0.29, 0.717) is 0 Å². The van der Waals surface area contributed by atoms with Crippen molar-refractivity contribution in [1.29, 1.82) is 0 Å². The first kappa shape index (κ1) is 66.5. The van der Waals surface area contributed by atoms with Crippen LogP contribution in [0.2, 0.25) is 0 Å². The Kier molecular flexibility index (Phi) is 20.3. The van der Waals surface area contributed by atoms with E-state index in [-0.39, 0.29) is 39.7 Å². The van der Waals surface area contributed by atoms with E-state index in [9.17, 15) is 0 Å². The molecule has 0 unspecified atom stereocenters. The normalized spacial score (nSPS) is 11.0. The van der Waals surface area contributed by atoms with Gasteiger partial charge in [-0.25, -0.2) is 0 Å². The predicted molar refractivity (Wildman–Crippen MR) is 407 cm³/mol. The Hall–Kier alpha value is -9.50. The molecular formula is C92H68Cl2SiZr-6. The molecule has 0 aromatic heterocycles. The number of hydrogen-bond acceptors (Lipinski definition) is 0. The van der Waals surface area contributed by atoms with E-state index < -0.39 is 0 Å². The fourth-order valence-electron chi connectivity index (χ4n) is 15.0. The molecule has 0 aliphatic carbocycles. The summed E-state index contributed by atoms with van der Waals surface area (Å²) >= 11 is 1.36.